The molecule has 5 nitrogen and oxygen atoms in total. The molecule has 28 heavy (non-hydrogen) atoms. The molecule has 3 aromatic rings. The molecule has 2 aromatic carbocycles. The number of fused-ring (bicyclic) bond motifs is 1. The van der Waals surface area contributed by atoms with Crippen LogP contribution in [0.4, 0.5) is 10.1 Å². The number of para-hydroxylation sites is 1. The van der Waals surface area contributed by atoms with E-state index >= 15 is 0 Å². The van der Waals surface area contributed by atoms with E-state index in [1.807, 2.05) is 18.2 Å². The lowest BCUT2D eigenvalue weighted by Gasteiger charge is -2.11. The van der Waals surface area contributed by atoms with Crippen molar-refractivity contribution in [3.63, 3.8) is 0 Å². The van der Waals surface area contributed by atoms with E-state index in [2.05, 4.69) is 5.32 Å². The Morgan fingerprint density at radius 3 is 2.64 bits per heavy atom. The van der Waals surface area contributed by atoms with Crippen LogP contribution >= 0.6 is 11.6 Å². The minimum absolute atomic E-state index is 0.0429. The quantitative estimate of drug-likeness (QED) is 0.659. The molecule has 0 aliphatic heterocycles. The van der Waals surface area contributed by atoms with Crippen molar-refractivity contribution in [2.45, 2.75) is 20.3 Å². The lowest BCUT2D eigenvalue weighted by atomic mass is 10.0. The van der Waals surface area contributed by atoms with Crippen LogP contribution in [0.5, 0.6) is 0 Å². The Morgan fingerprint density at radius 1 is 1.25 bits per heavy atom. The molecule has 0 spiro atoms. The first-order chi connectivity index (χ1) is 13.3. The Morgan fingerprint density at radius 2 is 1.96 bits per heavy atom. The number of aromatic nitrogens is 1. The van der Waals surface area contributed by atoms with Gasteiger partial charge in [-0.1, -0.05) is 43.6 Å². The largest absolute Gasteiger partial charge is 0.417 e. The van der Waals surface area contributed by atoms with Crippen molar-refractivity contribution in [1.29, 1.82) is 0 Å². The number of amides is 1. The smallest absolute Gasteiger partial charge is 0.258 e. The fourth-order valence-electron chi connectivity index (χ4n) is 2.88. The van der Waals surface area contributed by atoms with Crippen LogP contribution in [0.1, 0.15) is 29.8 Å². The highest BCUT2D eigenvalue weighted by Crippen LogP contribution is 2.28. The van der Waals surface area contributed by atoms with Gasteiger partial charge in [-0.2, -0.15) is 4.73 Å². The molecule has 1 amide bonds. The molecule has 0 fully saturated rings. The highest BCUT2D eigenvalue weighted by atomic mass is 35.5. The molecule has 0 radical (unpaired) electrons. The summed E-state index contributed by atoms with van der Waals surface area (Å²) < 4.78 is 15.9. The summed E-state index contributed by atoms with van der Waals surface area (Å²) >= 11 is 6.22. The van der Waals surface area contributed by atoms with E-state index in [-0.39, 0.29) is 34.4 Å². The summed E-state index contributed by atoms with van der Waals surface area (Å²) in [4.78, 5) is 29.9. The molecule has 0 aliphatic rings. The second-order valence-corrected chi connectivity index (χ2v) is 7.15. The predicted octanol–water partition coefficient (Wildman–Crippen LogP) is 4.51. The van der Waals surface area contributed by atoms with Gasteiger partial charge < -0.3 is 10.2 Å². The van der Waals surface area contributed by atoms with Gasteiger partial charge in [0.25, 0.3) is 5.91 Å². The summed E-state index contributed by atoms with van der Waals surface area (Å²) in [5, 5.41) is 3.49. The van der Waals surface area contributed by atoms with Crippen molar-refractivity contribution in [2.75, 3.05) is 12.4 Å². The van der Waals surface area contributed by atoms with Crippen LogP contribution < -0.4 is 10.2 Å². The molecule has 0 saturated heterocycles. The van der Waals surface area contributed by atoms with E-state index in [4.69, 9.17) is 16.4 Å². The van der Waals surface area contributed by atoms with Crippen molar-refractivity contribution >= 4 is 39.9 Å². The number of carbonyl (C=O) groups is 2. The van der Waals surface area contributed by atoms with Crippen molar-refractivity contribution < 1.29 is 18.8 Å². The lowest BCUT2D eigenvalue weighted by molar-refractivity contribution is -0.121. The van der Waals surface area contributed by atoms with Crippen LogP contribution in [-0.4, -0.2) is 23.5 Å². The zero-order chi connectivity index (χ0) is 20.4. The molecule has 3 rings (SSSR count). The molecular weight excluding hydrogens is 383 g/mol. The van der Waals surface area contributed by atoms with Gasteiger partial charge >= 0.3 is 0 Å². The Hall–Kier alpha value is -2.86. The van der Waals surface area contributed by atoms with Crippen LogP contribution in [0, 0.1) is 11.7 Å². The van der Waals surface area contributed by atoms with Gasteiger partial charge in [0.15, 0.2) is 0 Å². The molecular formula is C21H20ClFN2O3. The van der Waals surface area contributed by atoms with Gasteiger partial charge in [0.05, 0.1) is 28.0 Å². The Kier molecular flexibility index (Phi) is 5.70. The van der Waals surface area contributed by atoms with Crippen LogP contribution in [0.25, 0.3) is 10.9 Å². The van der Waals surface area contributed by atoms with Crippen molar-refractivity contribution in [2.24, 2.45) is 5.92 Å². The van der Waals surface area contributed by atoms with Gasteiger partial charge in [0.2, 0.25) is 0 Å². The monoisotopic (exact) mass is 402 g/mol. The number of benzene rings is 2. The van der Waals surface area contributed by atoms with Crippen molar-refractivity contribution in [3.05, 3.63) is 64.6 Å². The first-order valence-corrected chi connectivity index (χ1v) is 9.16. The average molecular weight is 403 g/mol. The highest BCUT2D eigenvalue weighted by molar-refractivity contribution is 6.34. The van der Waals surface area contributed by atoms with Gasteiger partial charge in [0, 0.05) is 17.7 Å². The number of ketones is 1. The normalized spacial score (nSPS) is 11.1. The topological polar surface area (TPSA) is 60.3 Å². The van der Waals surface area contributed by atoms with E-state index in [9.17, 15) is 14.0 Å². The lowest BCUT2D eigenvalue weighted by Crippen LogP contribution is -2.14. The third-order valence-electron chi connectivity index (χ3n) is 4.51. The first-order valence-electron chi connectivity index (χ1n) is 8.78. The van der Waals surface area contributed by atoms with Crippen LogP contribution in [0.3, 0.4) is 0 Å². The number of hydrogen-bond donors (Lipinski definition) is 1. The Balaban J connectivity index is 1.89. The SMILES string of the molecule is COn1cc(C(=O)Nc2cc(F)c(CC(=O)C(C)C)cc2Cl)c2ccccc21. The molecule has 0 bridgehead atoms. The second-order valence-electron chi connectivity index (χ2n) is 6.74. The van der Waals surface area contributed by atoms with E-state index in [1.165, 1.54) is 17.9 Å². The predicted molar refractivity (Wildman–Crippen MR) is 107 cm³/mol. The number of carbonyl (C=O) groups excluding carboxylic acids is 2. The van der Waals surface area contributed by atoms with Gasteiger partial charge in [-0.25, -0.2) is 4.39 Å². The van der Waals surface area contributed by atoms with Gasteiger partial charge in [-0.3, -0.25) is 9.59 Å². The summed E-state index contributed by atoms with van der Waals surface area (Å²) in [6.45, 7) is 3.51. The molecule has 1 N–H and O–H groups in total. The summed E-state index contributed by atoms with van der Waals surface area (Å²) in [6.07, 6.45) is 1.51. The third kappa shape index (κ3) is 3.87. The number of Topliss-reactive ketones (excluding diaryl/α,β-unsaturated/α-hetero) is 1. The molecule has 0 saturated carbocycles. The number of nitrogens with zero attached hydrogens (tertiary/aromatic N) is 1. The van der Waals surface area contributed by atoms with Crippen LogP contribution in [0.15, 0.2) is 42.6 Å². The number of halogens is 2. The number of anilines is 1. The second kappa shape index (κ2) is 8.02. The minimum atomic E-state index is -0.590. The van der Waals surface area contributed by atoms with Gasteiger partial charge in [-0.15, -0.1) is 0 Å². The highest BCUT2D eigenvalue weighted by Gasteiger charge is 2.19. The summed E-state index contributed by atoms with van der Waals surface area (Å²) in [6, 6.07) is 9.78. The third-order valence-corrected chi connectivity index (χ3v) is 4.82. The molecule has 0 unspecified atom stereocenters. The number of rotatable bonds is 6. The Bertz CT molecular complexity index is 1060. The van der Waals surface area contributed by atoms with E-state index in [0.29, 0.717) is 10.9 Å². The fourth-order valence-corrected chi connectivity index (χ4v) is 3.12. The van der Waals surface area contributed by atoms with E-state index < -0.39 is 11.7 Å². The summed E-state index contributed by atoms with van der Waals surface area (Å²) in [5.41, 5.74) is 1.44. The Labute approximate surface area is 167 Å². The maximum atomic E-state index is 14.4. The van der Waals surface area contributed by atoms with E-state index in [0.717, 1.165) is 11.6 Å². The fraction of sp³-hybridized carbons (Fsp3) is 0.238. The first kappa shape index (κ1) is 19.9. The standard InChI is InChI=1S/C21H20ClFN2O3/c1-12(2)20(26)9-13-8-16(22)18(10-17(13)23)24-21(27)15-11-25(28-3)19-7-5-4-6-14(15)19/h4-8,10-12H,9H2,1-3H3,(H,24,27). The van der Waals surface area contributed by atoms with Crippen molar-refractivity contribution in [1.82, 2.24) is 4.73 Å². The van der Waals surface area contributed by atoms with Gasteiger partial charge in [0.1, 0.15) is 18.7 Å². The van der Waals surface area contributed by atoms with Crippen molar-refractivity contribution in [3.8, 4) is 0 Å². The number of nitrogens with one attached hydrogen (secondary N) is 1. The zero-order valence-electron chi connectivity index (χ0n) is 15.8. The minimum Gasteiger partial charge on any atom is -0.417 e. The van der Waals surface area contributed by atoms with Crippen LogP contribution in [-0.2, 0) is 11.2 Å². The average Bonchev–Trinajstić information content (AvgIpc) is 3.04. The molecule has 1 aromatic heterocycles. The zero-order valence-corrected chi connectivity index (χ0v) is 16.5. The summed E-state index contributed by atoms with van der Waals surface area (Å²) in [5.74, 6) is -1.32. The summed E-state index contributed by atoms with van der Waals surface area (Å²) in [7, 11) is 1.50. The molecule has 0 atom stereocenters. The maximum absolute atomic E-state index is 14.4. The molecule has 0 aliphatic carbocycles. The van der Waals surface area contributed by atoms with Crippen LogP contribution in [0.2, 0.25) is 5.02 Å². The van der Waals surface area contributed by atoms with E-state index in [1.54, 1.807) is 26.1 Å². The maximum Gasteiger partial charge on any atom is 0.258 e. The molecule has 1 heterocycles. The number of hydrogen-bond acceptors (Lipinski definition) is 3. The molecule has 146 valence electrons. The molecule has 7 heteroatoms. The van der Waals surface area contributed by atoms with Gasteiger partial charge in [-0.05, 0) is 23.8 Å².